The van der Waals surface area contributed by atoms with Crippen molar-refractivity contribution in [2.24, 2.45) is 0 Å². The van der Waals surface area contributed by atoms with Gasteiger partial charge in [0, 0.05) is 5.56 Å². The number of carbonyl (C=O) groups is 1. The Morgan fingerprint density at radius 1 is 1.56 bits per heavy atom. The van der Waals surface area contributed by atoms with Gasteiger partial charge in [-0.05, 0) is 6.07 Å². The van der Waals surface area contributed by atoms with Crippen LogP contribution in [0.15, 0.2) is 10.9 Å². The largest absolute Gasteiger partial charge is 0.469 e. The molecule has 1 aromatic heterocycles. The molecule has 0 saturated heterocycles. The van der Waals surface area contributed by atoms with Gasteiger partial charge >= 0.3 is 5.97 Å². The van der Waals surface area contributed by atoms with Crippen LogP contribution in [0.1, 0.15) is 17.7 Å². The molecule has 4 nitrogen and oxygen atoms in total. The maximum absolute atomic E-state index is 13.0. The Bertz CT molecular complexity index is 456. The molecule has 0 aliphatic heterocycles. The zero-order valence-electron chi connectivity index (χ0n) is 8.22. The predicted molar refractivity (Wildman–Crippen MR) is 47.7 cm³/mol. The minimum absolute atomic E-state index is 0.256. The van der Waals surface area contributed by atoms with Crippen molar-refractivity contribution < 1.29 is 22.7 Å². The molecule has 16 heavy (non-hydrogen) atoms. The third kappa shape index (κ3) is 2.62. The lowest BCUT2D eigenvalue weighted by Gasteiger charge is -2.04. The van der Waals surface area contributed by atoms with Gasteiger partial charge in [-0.3, -0.25) is 9.59 Å². The molecular weight excluding hydrogens is 227 g/mol. The van der Waals surface area contributed by atoms with Crippen LogP contribution in [0.2, 0.25) is 0 Å². The summed E-state index contributed by atoms with van der Waals surface area (Å²) in [4.78, 5) is 23.7. The minimum Gasteiger partial charge on any atom is -0.469 e. The van der Waals surface area contributed by atoms with E-state index in [1.165, 1.54) is 0 Å². The molecule has 0 aliphatic rings. The molecule has 1 aromatic rings. The fourth-order valence-electron chi connectivity index (χ4n) is 1.08. The highest BCUT2D eigenvalue weighted by Crippen LogP contribution is 2.18. The first-order chi connectivity index (χ1) is 7.45. The number of methoxy groups -OCH3 is 1. The Balaban J connectivity index is 3.11. The SMILES string of the molecule is COC(=O)Cc1cc(F)c(C(F)F)[nH]c1=O. The van der Waals surface area contributed by atoms with Crippen LogP contribution >= 0.6 is 0 Å². The number of H-pyrrole nitrogens is 1. The van der Waals surface area contributed by atoms with Crippen molar-refractivity contribution in [3.8, 4) is 0 Å². The summed E-state index contributed by atoms with van der Waals surface area (Å²) >= 11 is 0. The van der Waals surface area contributed by atoms with E-state index in [1.54, 1.807) is 4.98 Å². The number of aromatic amines is 1. The number of hydrogen-bond donors (Lipinski definition) is 1. The lowest BCUT2D eigenvalue weighted by molar-refractivity contribution is -0.139. The molecule has 0 bridgehead atoms. The average molecular weight is 235 g/mol. The van der Waals surface area contributed by atoms with Crippen molar-refractivity contribution in [3.63, 3.8) is 0 Å². The Kier molecular flexibility index (Phi) is 3.70. The number of esters is 1. The Morgan fingerprint density at radius 2 is 2.19 bits per heavy atom. The second kappa shape index (κ2) is 4.82. The summed E-state index contributed by atoms with van der Waals surface area (Å²) in [6.45, 7) is 0. The van der Waals surface area contributed by atoms with Gasteiger partial charge in [0.15, 0.2) is 0 Å². The first-order valence-corrected chi connectivity index (χ1v) is 4.22. The van der Waals surface area contributed by atoms with Crippen LogP contribution in [0.4, 0.5) is 13.2 Å². The molecule has 0 spiro atoms. The Labute approximate surface area is 88.0 Å². The number of halogens is 3. The van der Waals surface area contributed by atoms with Crippen LogP contribution < -0.4 is 5.56 Å². The number of carbonyl (C=O) groups excluding carboxylic acids is 1. The van der Waals surface area contributed by atoms with Crippen molar-refractivity contribution >= 4 is 5.97 Å². The van der Waals surface area contributed by atoms with Gasteiger partial charge < -0.3 is 9.72 Å². The first-order valence-electron chi connectivity index (χ1n) is 4.22. The van der Waals surface area contributed by atoms with Crippen molar-refractivity contribution in [2.75, 3.05) is 7.11 Å². The van der Waals surface area contributed by atoms with Gasteiger partial charge in [-0.2, -0.15) is 0 Å². The average Bonchev–Trinajstić information content (AvgIpc) is 2.22. The van der Waals surface area contributed by atoms with Crippen LogP contribution in [0, 0.1) is 5.82 Å². The second-order valence-electron chi connectivity index (χ2n) is 2.94. The zero-order valence-corrected chi connectivity index (χ0v) is 8.22. The number of aromatic nitrogens is 1. The third-order valence-electron chi connectivity index (χ3n) is 1.88. The predicted octanol–water partition coefficient (Wildman–Crippen LogP) is 1.17. The molecule has 0 amide bonds. The quantitative estimate of drug-likeness (QED) is 0.800. The normalized spacial score (nSPS) is 10.6. The molecule has 1 N–H and O–H groups in total. The highest BCUT2D eigenvalue weighted by atomic mass is 19.3. The molecule has 7 heteroatoms. The van der Waals surface area contributed by atoms with E-state index in [1.807, 2.05) is 0 Å². The van der Waals surface area contributed by atoms with E-state index in [9.17, 15) is 22.8 Å². The fourth-order valence-corrected chi connectivity index (χ4v) is 1.08. The number of pyridine rings is 1. The summed E-state index contributed by atoms with van der Waals surface area (Å²) < 4.78 is 41.6. The van der Waals surface area contributed by atoms with Crippen LogP contribution in [-0.4, -0.2) is 18.1 Å². The van der Waals surface area contributed by atoms with E-state index in [0.29, 0.717) is 6.07 Å². The van der Waals surface area contributed by atoms with Gasteiger partial charge in [-0.25, -0.2) is 13.2 Å². The van der Waals surface area contributed by atoms with Crippen LogP contribution in [0.5, 0.6) is 0 Å². The van der Waals surface area contributed by atoms with E-state index in [-0.39, 0.29) is 5.56 Å². The van der Waals surface area contributed by atoms with Gasteiger partial charge in [-0.1, -0.05) is 0 Å². The molecule has 0 aliphatic carbocycles. The maximum atomic E-state index is 13.0. The smallest absolute Gasteiger partial charge is 0.310 e. The third-order valence-corrected chi connectivity index (χ3v) is 1.88. The molecular formula is C9H8F3NO3. The van der Waals surface area contributed by atoms with Crippen molar-refractivity contribution in [1.82, 2.24) is 4.98 Å². The fraction of sp³-hybridized carbons (Fsp3) is 0.333. The molecule has 1 rings (SSSR count). The standard InChI is InChI=1S/C9H8F3NO3/c1-16-6(14)3-4-2-5(10)7(8(11)12)13-9(4)15/h2,8H,3H2,1H3,(H,13,15). The number of ether oxygens (including phenoxy) is 1. The Hall–Kier alpha value is -1.79. The first kappa shape index (κ1) is 12.3. The lowest BCUT2D eigenvalue weighted by atomic mass is 10.2. The number of nitrogens with one attached hydrogen (secondary N) is 1. The molecule has 88 valence electrons. The van der Waals surface area contributed by atoms with Gasteiger partial charge in [0.2, 0.25) is 0 Å². The maximum Gasteiger partial charge on any atom is 0.310 e. The van der Waals surface area contributed by atoms with Crippen LogP contribution in [-0.2, 0) is 16.0 Å². The summed E-state index contributed by atoms with van der Waals surface area (Å²) in [5, 5.41) is 0. The van der Waals surface area contributed by atoms with Gasteiger partial charge in [0.25, 0.3) is 12.0 Å². The van der Waals surface area contributed by atoms with E-state index in [4.69, 9.17) is 0 Å². The molecule has 0 fully saturated rings. The highest BCUT2D eigenvalue weighted by Gasteiger charge is 2.17. The molecule has 0 radical (unpaired) electrons. The second-order valence-corrected chi connectivity index (χ2v) is 2.94. The summed E-state index contributed by atoms with van der Waals surface area (Å²) in [6, 6.07) is 0.608. The summed E-state index contributed by atoms with van der Waals surface area (Å²) in [5.74, 6) is -2.01. The molecule has 0 aromatic carbocycles. The molecule has 0 unspecified atom stereocenters. The number of rotatable bonds is 3. The Morgan fingerprint density at radius 3 is 2.69 bits per heavy atom. The molecule has 0 atom stereocenters. The zero-order chi connectivity index (χ0) is 12.3. The van der Waals surface area contributed by atoms with Gasteiger partial charge in [0.1, 0.15) is 11.5 Å². The molecule has 1 heterocycles. The van der Waals surface area contributed by atoms with E-state index in [0.717, 1.165) is 7.11 Å². The summed E-state index contributed by atoms with van der Waals surface area (Å²) in [7, 11) is 1.10. The molecule has 0 saturated carbocycles. The summed E-state index contributed by atoms with van der Waals surface area (Å²) in [5.41, 5.74) is -2.27. The number of alkyl halides is 2. The van der Waals surface area contributed by atoms with Crippen molar-refractivity contribution in [2.45, 2.75) is 12.8 Å². The van der Waals surface area contributed by atoms with Gasteiger partial charge in [-0.15, -0.1) is 0 Å². The summed E-state index contributed by atoms with van der Waals surface area (Å²) in [6.07, 6.45) is -3.58. The van der Waals surface area contributed by atoms with Crippen LogP contribution in [0.25, 0.3) is 0 Å². The highest BCUT2D eigenvalue weighted by molar-refractivity contribution is 5.72. The van der Waals surface area contributed by atoms with Gasteiger partial charge in [0.05, 0.1) is 13.5 Å². The van der Waals surface area contributed by atoms with E-state index < -0.39 is 35.9 Å². The van der Waals surface area contributed by atoms with Crippen molar-refractivity contribution in [3.05, 3.63) is 33.5 Å². The lowest BCUT2D eigenvalue weighted by Crippen LogP contribution is -2.20. The van der Waals surface area contributed by atoms with Crippen molar-refractivity contribution in [1.29, 1.82) is 0 Å². The minimum atomic E-state index is -3.11. The van der Waals surface area contributed by atoms with Crippen LogP contribution in [0.3, 0.4) is 0 Å². The van der Waals surface area contributed by atoms with E-state index in [2.05, 4.69) is 4.74 Å². The monoisotopic (exact) mass is 235 g/mol. The van der Waals surface area contributed by atoms with E-state index >= 15 is 0 Å². The number of hydrogen-bond acceptors (Lipinski definition) is 3. The topological polar surface area (TPSA) is 59.2 Å².